The molecule has 7 heteroatoms. The van der Waals surface area contributed by atoms with Crippen molar-refractivity contribution in [1.82, 2.24) is 9.88 Å². The Kier molecular flexibility index (Phi) is 4.44. The third-order valence-electron chi connectivity index (χ3n) is 3.54. The van der Waals surface area contributed by atoms with Crippen molar-refractivity contribution in [2.45, 2.75) is 32.9 Å². The normalized spacial score (nSPS) is 15.2. The lowest BCUT2D eigenvalue weighted by Crippen LogP contribution is -2.35. The maximum atomic E-state index is 12.1. The standard InChI is InChI=1S/C14H16BrN3OS2/c1-8(2)18-4-3-10-11(6-18)21-14(16-10)17-13(19)9-5-12(15)20-7-9/h5,7-8H,3-4,6H2,1-2H3,(H,16,17,19). The second-order valence-corrected chi connectivity index (χ2v) is 8.67. The van der Waals surface area contributed by atoms with Crippen molar-refractivity contribution in [2.75, 3.05) is 11.9 Å². The van der Waals surface area contributed by atoms with Gasteiger partial charge in [0.1, 0.15) is 0 Å². The molecule has 0 atom stereocenters. The maximum Gasteiger partial charge on any atom is 0.258 e. The van der Waals surface area contributed by atoms with E-state index >= 15 is 0 Å². The molecule has 3 rings (SSSR count). The van der Waals surface area contributed by atoms with E-state index in [2.05, 4.69) is 45.0 Å². The van der Waals surface area contributed by atoms with Gasteiger partial charge < -0.3 is 0 Å². The smallest absolute Gasteiger partial charge is 0.258 e. The number of nitrogens with zero attached hydrogens (tertiary/aromatic N) is 2. The molecule has 0 radical (unpaired) electrons. The Morgan fingerprint density at radius 2 is 2.33 bits per heavy atom. The Morgan fingerprint density at radius 1 is 1.52 bits per heavy atom. The summed E-state index contributed by atoms with van der Waals surface area (Å²) in [7, 11) is 0. The molecule has 112 valence electrons. The predicted octanol–water partition coefficient (Wildman–Crippen LogP) is 3.99. The SMILES string of the molecule is CC(C)N1CCc2nc(NC(=O)c3csc(Br)c3)sc2C1. The first-order valence-corrected chi connectivity index (χ1v) is 9.30. The van der Waals surface area contributed by atoms with Crippen LogP contribution in [-0.2, 0) is 13.0 Å². The fraction of sp³-hybridized carbons (Fsp3) is 0.429. The molecule has 0 fully saturated rings. The van der Waals surface area contributed by atoms with E-state index in [1.165, 1.54) is 16.2 Å². The molecule has 4 nitrogen and oxygen atoms in total. The number of carbonyl (C=O) groups is 1. The van der Waals surface area contributed by atoms with Gasteiger partial charge in [0.05, 0.1) is 15.0 Å². The van der Waals surface area contributed by atoms with Gasteiger partial charge >= 0.3 is 0 Å². The Morgan fingerprint density at radius 3 is 3.00 bits per heavy atom. The van der Waals surface area contributed by atoms with E-state index in [4.69, 9.17) is 0 Å². The number of thiazole rings is 1. The van der Waals surface area contributed by atoms with Gasteiger partial charge in [0, 0.05) is 35.8 Å². The molecule has 1 aliphatic rings. The number of rotatable bonds is 3. The van der Waals surface area contributed by atoms with Crippen molar-refractivity contribution in [3.63, 3.8) is 0 Å². The molecular weight excluding hydrogens is 370 g/mol. The zero-order valence-corrected chi connectivity index (χ0v) is 15.1. The molecule has 0 aromatic carbocycles. The molecule has 2 aromatic heterocycles. The number of carbonyl (C=O) groups excluding carboxylic acids is 1. The largest absolute Gasteiger partial charge is 0.298 e. The number of nitrogens with one attached hydrogen (secondary N) is 1. The van der Waals surface area contributed by atoms with Crippen molar-refractivity contribution in [1.29, 1.82) is 0 Å². The van der Waals surface area contributed by atoms with Crippen molar-refractivity contribution >= 4 is 49.6 Å². The highest BCUT2D eigenvalue weighted by molar-refractivity contribution is 9.11. The van der Waals surface area contributed by atoms with E-state index in [0.29, 0.717) is 16.7 Å². The van der Waals surface area contributed by atoms with Gasteiger partial charge in [-0.3, -0.25) is 15.0 Å². The number of amides is 1. The Labute approximate surface area is 140 Å². The fourth-order valence-corrected chi connectivity index (χ4v) is 4.47. The molecule has 3 heterocycles. The van der Waals surface area contributed by atoms with Crippen molar-refractivity contribution in [3.8, 4) is 0 Å². The minimum absolute atomic E-state index is 0.0937. The van der Waals surface area contributed by atoms with Crippen LogP contribution >= 0.6 is 38.6 Å². The third-order valence-corrected chi connectivity index (χ3v) is 6.04. The topological polar surface area (TPSA) is 45.2 Å². The van der Waals surface area contributed by atoms with E-state index in [0.717, 1.165) is 29.0 Å². The van der Waals surface area contributed by atoms with Gasteiger partial charge in [-0.05, 0) is 35.8 Å². The quantitative estimate of drug-likeness (QED) is 0.868. The maximum absolute atomic E-state index is 12.1. The van der Waals surface area contributed by atoms with Crippen LogP contribution in [0.3, 0.4) is 0 Å². The number of aromatic nitrogens is 1. The summed E-state index contributed by atoms with van der Waals surface area (Å²) in [6.45, 7) is 6.40. The Hall–Kier alpha value is -0.760. The van der Waals surface area contributed by atoms with Gasteiger partial charge in [0.15, 0.2) is 5.13 Å². The van der Waals surface area contributed by atoms with Crippen LogP contribution in [0.1, 0.15) is 34.8 Å². The number of fused-ring (bicyclic) bond motifs is 1. The number of halogens is 1. The summed E-state index contributed by atoms with van der Waals surface area (Å²) in [5.41, 5.74) is 1.81. The van der Waals surface area contributed by atoms with Gasteiger partial charge in [0.25, 0.3) is 5.91 Å². The van der Waals surface area contributed by atoms with Crippen LogP contribution < -0.4 is 5.32 Å². The number of anilines is 1. The Bertz CT molecular complexity index is 665. The summed E-state index contributed by atoms with van der Waals surface area (Å²) >= 11 is 6.47. The van der Waals surface area contributed by atoms with E-state index in [1.807, 2.05) is 11.4 Å². The third kappa shape index (κ3) is 3.36. The minimum atomic E-state index is -0.0937. The summed E-state index contributed by atoms with van der Waals surface area (Å²) in [5.74, 6) is -0.0937. The lowest BCUT2D eigenvalue weighted by atomic mass is 10.1. The zero-order valence-electron chi connectivity index (χ0n) is 11.9. The molecule has 0 saturated carbocycles. The second kappa shape index (κ2) is 6.16. The predicted molar refractivity (Wildman–Crippen MR) is 91.3 cm³/mol. The first-order valence-electron chi connectivity index (χ1n) is 6.81. The minimum Gasteiger partial charge on any atom is -0.298 e. The monoisotopic (exact) mass is 385 g/mol. The Balaban J connectivity index is 1.72. The molecule has 0 unspecified atom stereocenters. The lowest BCUT2D eigenvalue weighted by molar-refractivity contribution is 0.102. The van der Waals surface area contributed by atoms with Crippen molar-refractivity contribution < 1.29 is 4.79 Å². The molecule has 0 aliphatic carbocycles. The summed E-state index contributed by atoms with van der Waals surface area (Å²) in [6, 6.07) is 2.37. The summed E-state index contributed by atoms with van der Waals surface area (Å²) < 4.78 is 0.957. The summed E-state index contributed by atoms with van der Waals surface area (Å²) in [4.78, 5) is 20.4. The van der Waals surface area contributed by atoms with Gasteiger partial charge in [-0.2, -0.15) is 0 Å². The van der Waals surface area contributed by atoms with Gasteiger partial charge in [-0.1, -0.05) is 0 Å². The van der Waals surface area contributed by atoms with Crippen molar-refractivity contribution in [3.05, 3.63) is 31.4 Å². The molecule has 0 saturated heterocycles. The van der Waals surface area contributed by atoms with E-state index in [-0.39, 0.29) is 5.91 Å². The first-order chi connectivity index (χ1) is 10.0. The van der Waals surface area contributed by atoms with Crippen LogP contribution in [0, 0.1) is 0 Å². The van der Waals surface area contributed by atoms with E-state index < -0.39 is 0 Å². The molecular formula is C14H16BrN3OS2. The van der Waals surface area contributed by atoms with Gasteiger partial charge in [-0.25, -0.2) is 4.98 Å². The average molecular weight is 386 g/mol. The summed E-state index contributed by atoms with van der Waals surface area (Å²) in [5, 5.41) is 5.46. The molecule has 2 aromatic rings. The van der Waals surface area contributed by atoms with Gasteiger partial charge in [-0.15, -0.1) is 22.7 Å². The van der Waals surface area contributed by atoms with Crippen LogP contribution in [0.5, 0.6) is 0 Å². The average Bonchev–Trinajstić information content (AvgIpc) is 3.03. The number of hydrogen-bond donors (Lipinski definition) is 1. The van der Waals surface area contributed by atoms with Gasteiger partial charge in [0.2, 0.25) is 0 Å². The molecule has 1 N–H and O–H groups in total. The molecule has 1 amide bonds. The van der Waals surface area contributed by atoms with Crippen molar-refractivity contribution in [2.24, 2.45) is 0 Å². The molecule has 21 heavy (non-hydrogen) atoms. The number of thiophene rings is 1. The lowest BCUT2D eigenvalue weighted by Gasteiger charge is -2.29. The van der Waals surface area contributed by atoms with E-state index in [9.17, 15) is 4.79 Å². The fourth-order valence-electron chi connectivity index (χ4n) is 2.31. The van der Waals surface area contributed by atoms with Crippen LogP contribution in [0.4, 0.5) is 5.13 Å². The molecule has 1 aliphatic heterocycles. The zero-order chi connectivity index (χ0) is 15.0. The highest BCUT2D eigenvalue weighted by Crippen LogP contribution is 2.29. The van der Waals surface area contributed by atoms with Crippen LogP contribution in [0.2, 0.25) is 0 Å². The van der Waals surface area contributed by atoms with Crippen LogP contribution in [-0.4, -0.2) is 28.4 Å². The molecule has 0 spiro atoms. The molecule has 0 bridgehead atoms. The van der Waals surface area contributed by atoms with Crippen LogP contribution in [0.25, 0.3) is 0 Å². The highest BCUT2D eigenvalue weighted by Gasteiger charge is 2.23. The second-order valence-electron chi connectivity index (χ2n) is 5.30. The highest BCUT2D eigenvalue weighted by atomic mass is 79.9. The van der Waals surface area contributed by atoms with E-state index in [1.54, 1.807) is 11.3 Å². The number of hydrogen-bond acceptors (Lipinski definition) is 5. The van der Waals surface area contributed by atoms with Crippen LogP contribution in [0.15, 0.2) is 15.2 Å². The summed E-state index contributed by atoms with van der Waals surface area (Å²) in [6.07, 6.45) is 0.962. The first kappa shape index (κ1) is 15.1.